The van der Waals surface area contributed by atoms with E-state index in [4.69, 9.17) is 0 Å². The van der Waals surface area contributed by atoms with E-state index in [2.05, 4.69) is 49.2 Å². The summed E-state index contributed by atoms with van der Waals surface area (Å²) in [4.78, 5) is 2.72. The van der Waals surface area contributed by atoms with Crippen molar-refractivity contribution < 1.29 is 0 Å². The van der Waals surface area contributed by atoms with Crippen LogP contribution >= 0.6 is 24.8 Å². The van der Waals surface area contributed by atoms with Crippen molar-refractivity contribution in [1.29, 1.82) is 0 Å². The van der Waals surface area contributed by atoms with Crippen LogP contribution in [0.3, 0.4) is 0 Å². The van der Waals surface area contributed by atoms with Crippen LogP contribution in [-0.2, 0) is 12.8 Å². The Balaban J connectivity index is 0.00000242. The van der Waals surface area contributed by atoms with Gasteiger partial charge in [-0.3, -0.25) is 0 Å². The van der Waals surface area contributed by atoms with Crippen LogP contribution in [0.4, 0.5) is 5.69 Å². The number of hydrogen-bond acceptors (Lipinski definition) is 2. The summed E-state index contributed by atoms with van der Waals surface area (Å²) in [6, 6.07) is 7.57. The van der Waals surface area contributed by atoms with Crippen molar-refractivity contribution in [2.24, 2.45) is 0 Å². The molecule has 0 spiro atoms. The summed E-state index contributed by atoms with van der Waals surface area (Å²) in [7, 11) is 0. The lowest BCUT2D eigenvalue weighted by Crippen LogP contribution is -2.40. The first-order valence-electron chi connectivity index (χ1n) is 8.88. The highest BCUT2D eigenvalue weighted by Gasteiger charge is 2.24. The second kappa shape index (κ2) is 12.0. The monoisotopic (exact) mass is 360 g/mol. The van der Waals surface area contributed by atoms with E-state index in [1.165, 1.54) is 57.3 Å². The van der Waals surface area contributed by atoms with Crippen LogP contribution in [0.15, 0.2) is 18.2 Å². The van der Waals surface area contributed by atoms with Gasteiger partial charge in [0.15, 0.2) is 0 Å². The number of nitrogens with one attached hydrogen (secondary N) is 1. The third kappa shape index (κ3) is 6.17. The van der Waals surface area contributed by atoms with Gasteiger partial charge in [0.1, 0.15) is 0 Å². The zero-order valence-electron chi connectivity index (χ0n) is 14.9. The van der Waals surface area contributed by atoms with Gasteiger partial charge in [0, 0.05) is 18.3 Å². The van der Waals surface area contributed by atoms with Crippen molar-refractivity contribution in [3.05, 3.63) is 29.3 Å². The Morgan fingerprint density at radius 2 is 1.74 bits per heavy atom. The summed E-state index contributed by atoms with van der Waals surface area (Å²) < 4.78 is 0. The van der Waals surface area contributed by atoms with E-state index >= 15 is 0 Å². The van der Waals surface area contributed by atoms with Crippen LogP contribution in [0.25, 0.3) is 0 Å². The Kier molecular flexibility index (Phi) is 11.8. The van der Waals surface area contributed by atoms with E-state index < -0.39 is 0 Å². The van der Waals surface area contributed by atoms with Gasteiger partial charge in [-0.1, -0.05) is 32.9 Å². The van der Waals surface area contributed by atoms with Crippen molar-refractivity contribution in [3.8, 4) is 0 Å². The van der Waals surface area contributed by atoms with Crippen molar-refractivity contribution in [2.45, 2.75) is 65.3 Å². The molecular weight excluding hydrogens is 327 g/mol. The molecule has 0 aliphatic heterocycles. The average molecular weight is 361 g/mol. The van der Waals surface area contributed by atoms with Gasteiger partial charge in [-0.15, -0.1) is 24.8 Å². The fourth-order valence-electron chi connectivity index (χ4n) is 3.58. The molecule has 0 aromatic heterocycles. The molecule has 1 N–H and O–H groups in total. The second-order valence-electron chi connectivity index (χ2n) is 6.30. The number of anilines is 1. The van der Waals surface area contributed by atoms with Crippen LogP contribution in [0.2, 0.25) is 0 Å². The topological polar surface area (TPSA) is 15.3 Å². The largest absolute Gasteiger partial charge is 0.385 e. The van der Waals surface area contributed by atoms with Gasteiger partial charge in [-0.25, -0.2) is 0 Å². The number of benzene rings is 1. The molecule has 0 fully saturated rings. The van der Waals surface area contributed by atoms with Crippen molar-refractivity contribution in [3.63, 3.8) is 0 Å². The molecule has 23 heavy (non-hydrogen) atoms. The molecule has 0 amide bonds. The van der Waals surface area contributed by atoms with E-state index in [1.54, 1.807) is 11.1 Å². The van der Waals surface area contributed by atoms with Crippen LogP contribution in [-0.4, -0.2) is 30.6 Å². The molecule has 0 saturated carbocycles. The van der Waals surface area contributed by atoms with Crippen molar-refractivity contribution in [2.75, 3.05) is 25.0 Å². The van der Waals surface area contributed by atoms with E-state index in [0.29, 0.717) is 0 Å². The van der Waals surface area contributed by atoms with Gasteiger partial charge < -0.3 is 10.2 Å². The smallest absolute Gasteiger partial charge is 0.0375 e. The quantitative estimate of drug-likeness (QED) is 0.673. The highest BCUT2D eigenvalue weighted by atomic mass is 35.5. The molecule has 1 aliphatic carbocycles. The summed E-state index contributed by atoms with van der Waals surface area (Å²) in [5.41, 5.74) is 4.53. The molecular formula is C19H34Cl2N2. The van der Waals surface area contributed by atoms with E-state index in [1.807, 2.05) is 0 Å². The molecule has 0 heterocycles. The first kappa shape index (κ1) is 22.6. The summed E-state index contributed by atoms with van der Waals surface area (Å²) in [6.07, 6.45) is 7.50. The maximum absolute atomic E-state index is 3.60. The van der Waals surface area contributed by atoms with Gasteiger partial charge in [0.25, 0.3) is 0 Å². The Morgan fingerprint density at radius 3 is 2.35 bits per heavy atom. The molecule has 2 nitrogen and oxygen atoms in total. The summed E-state index contributed by atoms with van der Waals surface area (Å²) >= 11 is 0. The lowest BCUT2D eigenvalue weighted by atomic mass is 9.86. The predicted molar refractivity (Wildman–Crippen MR) is 108 cm³/mol. The van der Waals surface area contributed by atoms with Gasteiger partial charge >= 0.3 is 0 Å². The van der Waals surface area contributed by atoms with E-state index in [9.17, 15) is 0 Å². The highest BCUT2D eigenvalue weighted by molar-refractivity contribution is 5.85. The molecule has 0 radical (unpaired) electrons. The van der Waals surface area contributed by atoms with Gasteiger partial charge in [0.2, 0.25) is 0 Å². The maximum atomic E-state index is 3.60. The number of nitrogens with zero attached hydrogens (tertiary/aromatic N) is 1. The lowest BCUT2D eigenvalue weighted by molar-refractivity contribution is 0.180. The Bertz CT molecular complexity index is 431. The minimum atomic E-state index is 0. The molecule has 1 aliphatic rings. The summed E-state index contributed by atoms with van der Waals surface area (Å²) in [5.74, 6) is 0. The standard InChI is InChI=1S/C19H32N2.2ClH/c1-4-12-20-19-9-7-8-16-15-17(10-11-18(16)19)21(13-5-2)14-6-3;;/h7-9,17,20H,4-6,10-15H2,1-3H3;2*1H. The molecule has 1 unspecified atom stereocenters. The zero-order chi connectivity index (χ0) is 15.1. The van der Waals surface area contributed by atoms with E-state index in [0.717, 1.165) is 12.6 Å². The van der Waals surface area contributed by atoms with Gasteiger partial charge in [-0.2, -0.15) is 0 Å². The van der Waals surface area contributed by atoms with Crippen LogP contribution in [0.5, 0.6) is 0 Å². The first-order valence-corrected chi connectivity index (χ1v) is 8.88. The minimum absolute atomic E-state index is 0. The van der Waals surface area contributed by atoms with Crippen LogP contribution in [0, 0.1) is 0 Å². The van der Waals surface area contributed by atoms with Crippen LogP contribution < -0.4 is 5.32 Å². The van der Waals surface area contributed by atoms with Crippen molar-refractivity contribution in [1.82, 2.24) is 4.90 Å². The van der Waals surface area contributed by atoms with Crippen LogP contribution in [0.1, 0.15) is 57.6 Å². The minimum Gasteiger partial charge on any atom is -0.385 e. The first-order chi connectivity index (χ1) is 10.3. The molecule has 1 atom stereocenters. The Labute approximate surface area is 155 Å². The third-order valence-electron chi connectivity index (χ3n) is 4.56. The average Bonchev–Trinajstić information content (AvgIpc) is 2.52. The molecule has 2 rings (SSSR count). The molecule has 1 aromatic rings. The van der Waals surface area contributed by atoms with Gasteiger partial charge in [0.05, 0.1) is 0 Å². The zero-order valence-corrected chi connectivity index (χ0v) is 16.6. The van der Waals surface area contributed by atoms with Gasteiger partial charge in [-0.05, 0) is 68.8 Å². The molecule has 0 saturated heterocycles. The molecule has 134 valence electrons. The lowest BCUT2D eigenvalue weighted by Gasteiger charge is -2.35. The summed E-state index contributed by atoms with van der Waals surface area (Å²) in [5, 5.41) is 3.60. The SMILES string of the molecule is CCCNc1cccc2c1CCC(N(CCC)CCC)C2.Cl.Cl. The Hall–Kier alpha value is -0.440. The third-order valence-corrected chi connectivity index (χ3v) is 4.56. The molecule has 0 bridgehead atoms. The maximum Gasteiger partial charge on any atom is 0.0375 e. The molecule has 4 heteroatoms. The Morgan fingerprint density at radius 1 is 1.04 bits per heavy atom. The van der Waals surface area contributed by atoms with Crippen molar-refractivity contribution >= 4 is 30.5 Å². The number of fused-ring (bicyclic) bond motifs is 1. The molecule has 1 aromatic carbocycles. The highest BCUT2D eigenvalue weighted by Crippen LogP contribution is 2.30. The normalized spacial score (nSPS) is 16.3. The fraction of sp³-hybridized carbons (Fsp3) is 0.684. The predicted octanol–water partition coefficient (Wildman–Crippen LogP) is 5.33. The summed E-state index contributed by atoms with van der Waals surface area (Å²) in [6.45, 7) is 10.4. The fourth-order valence-corrected chi connectivity index (χ4v) is 3.58. The number of halogens is 2. The second-order valence-corrected chi connectivity index (χ2v) is 6.30. The van der Waals surface area contributed by atoms with E-state index in [-0.39, 0.29) is 24.8 Å². The number of rotatable bonds is 8. The number of hydrogen-bond donors (Lipinski definition) is 1.